The van der Waals surface area contributed by atoms with Crippen molar-refractivity contribution in [3.05, 3.63) is 24.3 Å². The summed E-state index contributed by atoms with van der Waals surface area (Å²) in [6, 6.07) is 4.10. The van der Waals surface area contributed by atoms with Crippen molar-refractivity contribution in [3.63, 3.8) is 0 Å². The molecule has 90 valence electrons. The Hall–Kier alpha value is -2.77. The highest BCUT2D eigenvalue weighted by atomic mass is 16.5. The average Bonchev–Trinajstić information content (AvgIpc) is 2.14. The number of ether oxygens (including phenoxy) is 1. The first-order chi connectivity index (χ1) is 7.97. The standard InChI is InChI=1S/C9H10N4O4/c10-7(14)13-9(16)12-5-2-1-3-6(4-5)17-8(11)15/h1-4H,(H2,11,15)(H4,10,12,13,14,16). The Balaban J connectivity index is 2.68. The number of urea groups is 2. The summed E-state index contributed by atoms with van der Waals surface area (Å²) in [6.45, 7) is 0. The minimum absolute atomic E-state index is 0.161. The van der Waals surface area contributed by atoms with E-state index in [0.29, 0.717) is 5.69 Å². The maximum atomic E-state index is 11.1. The molecule has 8 nitrogen and oxygen atoms in total. The van der Waals surface area contributed by atoms with Gasteiger partial charge in [0.05, 0.1) is 0 Å². The second-order valence-electron chi connectivity index (χ2n) is 2.89. The molecule has 0 aromatic heterocycles. The SMILES string of the molecule is NC(=O)NC(=O)Nc1cccc(OC(N)=O)c1. The fraction of sp³-hybridized carbons (Fsp3) is 0. The van der Waals surface area contributed by atoms with E-state index in [1.54, 1.807) is 0 Å². The Morgan fingerprint density at radius 3 is 2.47 bits per heavy atom. The zero-order valence-electron chi connectivity index (χ0n) is 8.60. The van der Waals surface area contributed by atoms with Crippen molar-refractivity contribution in [2.24, 2.45) is 11.5 Å². The zero-order chi connectivity index (χ0) is 12.8. The monoisotopic (exact) mass is 238 g/mol. The number of nitrogens with one attached hydrogen (secondary N) is 2. The van der Waals surface area contributed by atoms with Crippen molar-refractivity contribution in [2.75, 3.05) is 5.32 Å². The molecule has 0 radical (unpaired) electrons. The van der Waals surface area contributed by atoms with E-state index in [9.17, 15) is 14.4 Å². The third-order valence-electron chi connectivity index (χ3n) is 1.55. The lowest BCUT2D eigenvalue weighted by Crippen LogP contribution is -2.38. The van der Waals surface area contributed by atoms with E-state index in [0.717, 1.165) is 0 Å². The van der Waals surface area contributed by atoms with E-state index >= 15 is 0 Å². The van der Waals surface area contributed by atoms with Crippen LogP contribution in [-0.2, 0) is 0 Å². The molecule has 6 N–H and O–H groups in total. The molecule has 0 bridgehead atoms. The summed E-state index contributed by atoms with van der Waals surface area (Å²) in [5, 5.41) is 4.11. The molecular weight excluding hydrogens is 228 g/mol. The van der Waals surface area contributed by atoms with Crippen LogP contribution in [0.15, 0.2) is 24.3 Å². The number of nitrogens with two attached hydrogens (primary N) is 2. The third-order valence-corrected chi connectivity index (χ3v) is 1.55. The molecule has 0 aliphatic heterocycles. The lowest BCUT2D eigenvalue weighted by atomic mass is 10.3. The second kappa shape index (κ2) is 5.35. The maximum Gasteiger partial charge on any atom is 0.409 e. The second-order valence-corrected chi connectivity index (χ2v) is 2.89. The average molecular weight is 238 g/mol. The molecule has 5 amide bonds. The van der Waals surface area contributed by atoms with E-state index < -0.39 is 18.2 Å². The number of hydrogen-bond acceptors (Lipinski definition) is 4. The number of benzene rings is 1. The van der Waals surface area contributed by atoms with Crippen molar-refractivity contribution < 1.29 is 19.1 Å². The van der Waals surface area contributed by atoms with E-state index in [2.05, 4.69) is 10.1 Å². The van der Waals surface area contributed by atoms with Crippen LogP contribution in [0.5, 0.6) is 5.75 Å². The summed E-state index contributed by atoms with van der Waals surface area (Å²) in [4.78, 5) is 32.0. The third kappa shape index (κ3) is 4.51. The smallest absolute Gasteiger partial charge is 0.409 e. The van der Waals surface area contributed by atoms with E-state index in [4.69, 9.17) is 11.5 Å². The normalized spacial score (nSPS) is 9.18. The first-order valence-corrected chi connectivity index (χ1v) is 4.42. The number of imide groups is 1. The number of carbonyl (C=O) groups excluding carboxylic acids is 3. The summed E-state index contributed by atoms with van der Waals surface area (Å²) < 4.78 is 4.59. The Bertz CT molecular complexity index is 460. The molecule has 0 unspecified atom stereocenters. The number of primary amides is 2. The van der Waals surface area contributed by atoms with Gasteiger partial charge in [0.15, 0.2) is 0 Å². The molecule has 0 aliphatic rings. The molecule has 1 rings (SSSR count). The van der Waals surface area contributed by atoms with Crippen LogP contribution < -0.4 is 26.8 Å². The van der Waals surface area contributed by atoms with Gasteiger partial charge in [-0.05, 0) is 12.1 Å². The Morgan fingerprint density at radius 2 is 1.88 bits per heavy atom. The van der Waals surface area contributed by atoms with Gasteiger partial charge in [-0.2, -0.15) is 0 Å². The van der Waals surface area contributed by atoms with Gasteiger partial charge in [0, 0.05) is 11.8 Å². The topological polar surface area (TPSA) is 137 Å². The Kier molecular flexibility index (Phi) is 3.87. The van der Waals surface area contributed by atoms with Crippen LogP contribution >= 0.6 is 0 Å². The first-order valence-electron chi connectivity index (χ1n) is 4.42. The van der Waals surface area contributed by atoms with E-state index in [1.807, 2.05) is 5.32 Å². The van der Waals surface area contributed by atoms with Gasteiger partial charge in [0.1, 0.15) is 5.75 Å². The van der Waals surface area contributed by atoms with Crippen molar-refractivity contribution in [1.82, 2.24) is 5.32 Å². The first kappa shape index (κ1) is 12.3. The van der Waals surface area contributed by atoms with Gasteiger partial charge in [-0.15, -0.1) is 0 Å². The molecule has 0 saturated carbocycles. The van der Waals surface area contributed by atoms with Crippen molar-refractivity contribution in [3.8, 4) is 5.75 Å². The van der Waals surface area contributed by atoms with Gasteiger partial charge in [0.2, 0.25) is 0 Å². The molecule has 1 aromatic rings. The molecule has 17 heavy (non-hydrogen) atoms. The molecule has 0 saturated heterocycles. The minimum atomic E-state index is -0.980. The largest absolute Gasteiger partial charge is 0.410 e. The zero-order valence-corrected chi connectivity index (χ0v) is 8.60. The maximum absolute atomic E-state index is 11.1. The highest BCUT2D eigenvalue weighted by molar-refractivity contribution is 6.00. The van der Waals surface area contributed by atoms with Crippen LogP contribution in [-0.4, -0.2) is 18.2 Å². The van der Waals surface area contributed by atoms with Crippen molar-refractivity contribution >= 4 is 23.8 Å². The van der Waals surface area contributed by atoms with Crippen LogP contribution in [0.1, 0.15) is 0 Å². The molecule has 0 fully saturated rings. The molecule has 0 atom stereocenters. The quantitative estimate of drug-likeness (QED) is 0.590. The molecule has 0 spiro atoms. The lowest BCUT2D eigenvalue weighted by molar-refractivity contribution is 0.211. The number of anilines is 1. The van der Waals surface area contributed by atoms with Crippen molar-refractivity contribution in [2.45, 2.75) is 0 Å². The number of carbonyl (C=O) groups is 3. The number of hydrogen-bond donors (Lipinski definition) is 4. The van der Waals surface area contributed by atoms with Crippen molar-refractivity contribution in [1.29, 1.82) is 0 Å². The fourth-order valence-electron chi connectivity index (χ4n) is 1.03. The fourth-order valence-corrected chi connectivity index (χ4v) is 1.03. The van der Waals surface area contributed by atoms with Gasteiger partial charge < -0.3 is 21.5 Å². The highest BCUT2D eigenvalue weighted by Crippen LogP contribution is 2.16. The summed E-state index contributed by atoms with van der Waals surface area (Å²) in [5.41, 5.74) is 9.87. The predicted molar refractivity (Wildman–Crippen MR) is 58.4 cm³/mol. The summed E-state index contributed by atoms with van der Waals surface area (Å²) in [5.74, 6) is 0.161. The Morgan fingerprint density at radius 1 is 1.18 bits per heavy atom. The van der Waals surface area contributed by atoms with Crippen LogP contribution in [0.3, 0.4) is 0 Å². The van der Waals surface area contributed by atoms with Gasteiger partial charge in [-0.25, -0.2) is 14.4 Å². The molecule has 0 aliphatic carbocycles. The van der Waals surface area contributed by atoms with Gasteiger partial charge >= 0.3 is 18.2 Å². The summed E-state index contributed by atoms with van der Waals surface area (Å²) in [6.07, 6.45) is -0.969. The Labute approximate surface area is 95.9 Å². The van der Waals surface area contributed by atoms with E-state index in [-0.39, 0.29) is 5.75 Å². The van der Waals surface area contributed by atoms with Gasteiger partial charge in [0.25, 0.3) is 0 Å². The van der Waals surface area contributed by atoms with Crippen LogP contribution in [0.2, 0.25) is 0 Å². The molecule has 1 aromatic carbocycles. The number of amides is 5. The lowest BCUT2D eigenvalue weighted by Gasteiger charge is -2.06. The minimum Gasteiger partial charge on any atom is -0.410 e. The molecule has 8 heteroatoms. The molecular formula is C9H10N4O4. The van der Waals surface area contributed by atoms with E-state index in [1.165, 1.54) is 24.3 Å². The van der Waals surface area contributed by atoms with Gasteiger partial charge in [-0.3, -0.25) is 5.32 Å². The summed E-state index contributed by atoms with van der Waals surface area (Å²) in [7, 11) is 0. The number of rotatable bonds is 2. The van der Waals surface area contributed by atoms with Gasteiger partial charge in [-0.1, -0.05) is 6.07 Å². The van der Waals surface area contributed by atoms with Crippen LogP contribution in [0, 0.1) is 0 Å². The highest BCUT2D eigenvalue weighted by Gasteiger charge is 2.05. The predicted octanol–water partition coefficient (Wildman–Crippen LogP) is 0.344. The van der Waals surface area contributed by atoms with Crippen LogP contribution in [0.4, 0.5) is 20.1 Å². The molecule has 0 heterocycles. The van der Waals surface area contributed by atoms with Crippen LogP contribution in [0.25, 0.3) is 0 Å². The summed E-state index contributed by atoms with van der Waals surface area (Å²) >= 11 is 0.